The summed E-state index contributed by atoms with van der Waals surface area (Å²) in [6.07, 6.45) is 15.7. The molecule has 6 nitrogen and oxygen atoms in total. The van der Waals surface area contributed by atoms with Crippen LogP contribution in [0.3, 0.4) is 0 Å². The van der Waals surface area contributed by atoms with Crippen LogP contribution in [-0.4, -0.2) is 23.8 Å². The van der Waals surface area contributed by atoms with Gasteiger partial charge in [-0.05, 0) is 19.3 Å². The van der Waals surface area contributed by atoms with Crippen molar-refractivity contribution in [1.29, 1.82) is 0 Å². The molecular weight excluding hydrogens is 380 g/mol. The minimum absolute atomic E-state index is 0. The summed E-state index contributed by atoms with van der Waals surface area (Å²) in [6.45, 7) is 20.7. The largest absolute Gasteiger partial charge is 0 e. The van der Waals surface area contributed by atoms with Gasteiger partial charge in [-0.1, -0.05) is 49.1 Å². The first-order valence-electron chi connectivity index (χ1n) is 6.90. The third kappa shape index (κ3) is 37.8. The standard InChI is InChI=1S/C16H22O3.3CO.Fe/c1-3-14-19-16(18)13-11-9-7-5-6-8-10-12-15(17)4-2;3*1-2;/h3-7,9,11,13,15,17H,1-2,8,10,12,14H2;;;;/b6-5+,9-7+,13-11-;;;;. The Morgan fingerprint density at radius 1 is 1.04 bits per heavy atom. The molecule has 0 aliphatic carbocycles. The number of hydrogen-bond donors (Lipinski definition) is 1. The fraction of sp³-hybridized carbons (Fsp3) is 0.263. The maximum absolute atomic E-state index is 11.0. The number of unbranched alkanes of at least 4 members (excludes halogenated alkanes) is 1. The Morgan fingerprint density at radius 2 is 1.58 bits per heavy atom. The summed E-state index contributed by atoms with van der Waals surface area (Å²) in [5.74, 6) is -0.382. The molecule has 0 rings (SSSR count). The molecular formula is C19H22FeO6. The molecule has 7 heteroatoms. The molecule has 26 heavy (non-hydrogen) atoms. The van der Waals surface area contributed by atoms with Crippen molar-refractivity contribution < 1.29 is 45.7 Å². The smallest absolute Gasteiger partial charge is 0 e. The van der Waals surface area contributed by atoms with Gasteiger partial charge in [0.25, 0.3) is 0 Å². The van der Waals surface area contributed by atoms with Crippen molar-refractivity contribution >= 4 is 5.97 Å². The molecule has 0 aromatic heterocycles. The summed E-state index contributed by atoms with van der Waals surface area (Å²) in [5, 5.41) is 9.23. The first-order chi connectivity index (χ1) is 12.2. The third-order valence-corrected chi connectivity index (χ3v) is 2.19. The normalized spacial score (nSPS) is 9.81. The predicted molar refractivity (Wildman–Crippen MR) is 90.4 cm³/mol. The van der Waals surface area contributed by atoms with Gasteiger partial charge in [0.2, 0.25) is 0 Å². The van der Waals surface area contributed by atoms with Gasteiger partial charge >= 0.3 is 39.9 Å². The van der Waals surface area contributed by atoms with E-state index in [9.17, 15) is 9.90 Å². The van der Waals surface area contributed by atoms with Crippen molar-refractivity contribution in [3.8, 4) is 0 Å². The van der Waals surface area contributed by atoms with Gasteiger partial charge in [0.1, 0.15) is 6.61 Å². The number of aliphatic hydroxyl groups is 1. The number of aliphatic hydroxyl groups excluding tert-OH is 1. The zero-order valence-electron chi connectivity index (χ0n) is 14.3. The van der Waals surface area contributed by atoms with Crippen LogP contribution in [0.4, 0.5) is 0 Å². The number of ether oxygens (including phenoxy) is 1. The summed E-state index contributed by atoms with van der Waals surface area (Å²) in [7, 11) is 0. The zero-order chi connectivity index (χ0) is 20.3. The molecule has 1 atom stereocenters. The average Bonchev–Trinajstić information content (AvgIpc) is 2.69. The number of esters is 1. The van der Waals surface area contributed by atoms with Crippen molar-refractivity contribution in [1.82, 2.24) is 0 Å². The van der Waals surface area contributed by atoms with E-state index in [0.717, 1.165) is 19.3 Å². The Morgan fingerprint density at radius 3 is 2.08 bits per heavy atom. The summed E-state index contributed by atoms with van der Waals surface area (Å²) in [5.41, 5.74) is 0. The predicted octanol–water partition coefficient (Wildman–Crippen LogP) is 2.99. The Bertz CT molecular complexity index is 458. The van der Waals surface area contributed by atoms with Crippen LogP contribution in [0.5, 0.6) is 0 Å². The van der Waals surface area contributed by atoms with Crippen LogP contribution in [-0.2, 0) is 40.6 Å². The molecule has 0 spiro atoms. The fourth-order valence-electron chi connectivity index (χ4n) is 1.19. The maximum atomic E-state index is 11.0. The minimum Gasteiger partial charge on any atom is 0 e. The van der Waals surface area contributed by atoms with Gasteiger partial charge in [-0.3, -0.25) is 0 Å². The van der Waals surface area contributed by atoms with Crippen LogP contribution < -0.4 is 0 Å². The number of rotatable bonds is 10. The molecule has 0 radical (unpaired) electrons. The van der Waals surface area contributed by atoms with Crippen LogP contribution in [0.25, 0.3) is 0 Å². The maximum Gasteiger partial charge on any atom is 0 e. The van der Waals surface area contributed by atoms with E-state index in [1.165, 1.54) is 12.2 Å². The van der Waals surface area contributed by atoms with E-state index < -0.39 is 6.10 Å². The van der Waals surface area contributed by atoms with Crippen molar-refractivity contribution in [3.05, 3.63) is 81.7 Å². The second-order valence-corrected chi connectivity index (χ2v) is 3.82. The summed E-state index contributed by atoms with van der Waals surface area (Å²) in [4.78, 5) is 11.0. The van der Waals surface area contributed by atoms with Crippen molar-refractivity contribution in [2.24, 2.45) is 0 Å². The van der Waals surface area contributed by atoms with Crippen LogP contribution in [0, 0.1) is 20.0 Å². The second-order valence-electron chi connectivity index (χ2n) is 3.82. The van der Waals surface area contributed by atoms with Crippen LogP contribution in [0.1, 0.15) is 19.3 Å². The molecule has 0 fully saturated rings. The Balaban J connectivity index is -0.000000189. The van der Waals surface area contributed by atoms with Gasteiger partial charge in [-0.2, -0.15) is 0 Å². The van der Waals surface area contributed by atoms with Crippen LogP contribution >= 0.6 is 0 Å². The molecule has 1 unspecified atom stereocenters. The second kappa shape index (κ2) is 38.4. The summed E-state index contributed by atoms with van der Waals surface area (Å²) < 4.78 is 27.3. The van der Waals surface area contributed by atoms with E-state index >= 15 is 0 Å². The molecule has 0 aromatic carbocycles. The molecule has 0 saturated carbocycles. The summed E-state index contributed by atoms with van der Waals surface area (Å²) in [6, 6.07) is 0. The zero-order valence-corrected chi connectivity index (χ0v) is 15.4. The number of carbonyl (C=O) groups is 1. The molecule has 0 aliphatic rings. The van der Waals surface area contributed by atoms with Crippen LogP contribution in [0.2, 0.25) is 0 Å². The molecule has 0 bridgehead atoms. The molecule has 0 aliphatic heterocycles. The van der Waals surface area contributed by atoms with Gasteiger partial charge in [0, 0.05) is 23.1 Å². The van der Waals surface area contributed by atoms with Crippen molar-refractivity contribution in [3.63, 3.8) is 0 Å². The third-order valence-electron chi connectivity index (χ3n) is 2.19. The van der Waals surface area contributed by atoms with E-state index in [-0.39, 0.29) is 29.6 Å². The van der Waals surface area contributed by atoms with Crippen molar-refractivity contribution in [2.75, 3.05) is 6.61 Å². The van der Waals surface area contributed by atoms with Crippen molar-refractivity contribution in [2.45, 2.75) is 25.4 Å². The Hall–Kier alpha value is -2.13. The van der Waals surface area contributed by atoms with E-state index in [2.05, 4.69) is 33.1 Å². The van der Waals surface area contributed by atoms with E-state index in [0.29, 0.717) is 0 Å². The van der Waals surface area contributed by atoms with E-state index in [4.69, 9.17) is 18.7 Å². The van der Waals surface area contributed by atoms with E-state index in [1.54, 1.807) is 18.2 Å². The first-order valence-corrected chi connectivity index (χ1v) is 6.90. The molecule has 0 heterocycles. The van der Waals surface area contributed by atoms with Gasteiger partial charge < -0.3 is 9.84 Å². The SMILES string of the molecule is C=CCOC(=O)\C=C/C=C/C=C/CCCC(O)C=C.[C-]#[O+].[C-]#[O+].[C-]#[O+].[Fe]. The number of hydrogen-bond acceptors (Lipinski definition) is 3. The average molecular weight is 402 g/mol. The Labute approximate surface area is 165 Å². The quantitative estimate of drug-likeness (QED) is 0.0887. The van der Waals surface area contributed by atoms with Gasteiger partial charge in [0.05, 0.1) is 6.10 Å². The van der Waals surface area contributed by atoms with Gasteiger partial charge in [-0.25, -0.2) is 4.79 Å². The van der Waals surface area contributed by atoms with Crippen LogP contribution in [0.15, 0.2) is 61.8 Å². The molecule has 142 valence electrons. The molecule has 0 amide bonds. The molecule has 0 saturated heterocycles. The van der Waals surface area contributed by atoms with Gasteiger partial charge in [-0.15, -0.1) is 6.58 Å². The molecule has 1 N–H and O–H groups in total. The number of allylic oxidation sites excluding steroid dienone is 5. The Kier molecular flexibility index (Phi) is 51.8. The van der Waals surface area contributed by atoms with Gasteiger partial charge in [0.15, 0.2) is 0 Å². The fourth-order valence-corrected chi connectivity index (χ4v) is 1.19. The topological polar surface area (TPSA) is 106 Å². The summed E-state index contributed by atoms with van der Waals surface area (Å²) >= 11 is 0. The first kappa shape index (κ1) is 35.1. The van der Waals surface area contributed by atoms with E-state index in [1.807, 2.05) is 18.2 Å². The minimum atomic E-state index is -0.409. The molecule has 0 aromatic rings. The monoisotopic (exact) mass is 402 g/mol. The number of carbonyl (C=O) groups excluding carboxylic acids is 1.